The predicted octanol–water partition coefficient (Wildman–Crippen LogP) is 2.80. The minimum atomic E-state index is -0.892. The molecule has 1 saturated heterocycles. The van der Waals surface area contributed by atoms with Crippen molar-refractivity contribution >= 4 is 46.6 Å². The Kier molecular flexibility index (Phi) is 5.92. The second-order valence-electron chi connectivity index (χ2n) is 8.18. The maximum Gasteiger partial charge on any atom is 0.407 e. The number of aryl methyl sites for hydroxylation is 1. The van der Waals surface area contributed by atoms with Gasteiger partial charge in [-0.25, -0.2) is 14.8 Å². The van der Waals surface area contributed by atoms with E-state index in [1.165, 1.54) is 4.90 Å². The van der Waals surface area contributed by atoms with Crippen LogP contribution in [0.4, 0.5) is 39.4 Å². The van der Waals surface area contributed by atoms with Gasteiger partial charge in [0.15, 0.2) is 6.61 Å². The molecule has 1 fully saturated rings. The number of carboxylic acid groups (broad SMARTS) is 1. The van der Waals surface area contributed by atoms with Crippen LogP contribution >= 0.6 is 0 Å². The lowest BCUT2D eigenvalue weighted by Gasteiger charge is -2.33. The molecule has 2 aromatic heterocycles. The van der Waals surface area contributed by atoms with Crippen molar-refractivity contribution in [1.82, 2.24) is 19.9 Å². The highest BCUT2D eigenvalue weighted by Gasteiger charge is 2.21. The molecule has 4 heterocycles. The third-order valence-corrected chi connectivity index (χ3v) is 5.73. The Labute approximate surface area is 201 Å². The molecule has 2 aliphatic rings. The van der Waals surface area contributed by atoms with Crippen molar-refractivity contribution in [3.05, 3.63) is 48.3 Å². The van der Waals surface area contributed by atoms with Crippen molar-refractivity contribution in [2.24, 2.45) is 0 Å². The van der Waals surface area contributed by atoms with Crippen LogP contribution in [0.5, 0.6) is 5.75 Å². The monoisotopic (exact) mass is 476 g/mol. The van der Waals surface area contributed by atoms with Crippen molar-refractivity contribution in [1.29, 1.82) is 0 Å². The smallest absolute Gasteiger partial charge is 0.407 e. The van der Waals surface area contributed by atoms with Gasteiger partial charge in [-0.3, -0.25) is 4.79 Å². The van der Waals surface area contributed by atoms with Gasteiger partial charge < -0.3 is 35.6 Å². The van der Waals surface area contributed by atoms with Crippen molar-refractivity contribution in [3.63, 3.8) is 0 Å². The third kappa shape index (κ3) is 5.00. The van der Waals surface area contributed by atoms with Crippen LogP contribution in [0.2, 0.25) is 0 Å². The van der Waals surface area contributed by atoms with E-state index in [1.54, 1.807) is 24.5 Å². The molecule has 12 heteroatoms. The number of amides is 2. The average Bonchev–Trinajstić information content (AvgIpc) is 2.86. The van der Waals surface area contributed by atoms with Gasteiger partial charge in [0.1, 0.15) is 17.4 Å². The molecule has 1 aromatic carbocycles. The maximum atomic E-state index is 11.6. The van der Waals surface area contributed by atoms with Crippen LogP contribution in [0.3, 0.4) is 0 Å². The molecule has 0 bridgehead atoms. The number of nitrogens with one attached hydrogen (secondary N) is 3. The van der Waals surface area contributed by atoms with Crippen LogP contribution in [-0.2, 0) is 4.79 Å². The number of carbonyl (C=O) groups excluding carboxylic acids is 1. The van der Waals surface area contributed by atoms with Gasteiger partial charge >= 0.3 is 6.09 Å². The molecular formula is C23H24N8O4. The zero-order valence-corrected chi connectivity index (χ0v) is 19.0. The van der Waals surface area contributed by atoms with Gasteiger partial charge in [0, 0.05) is 43.6 Å². The largest absolute Gasteiger partial charge is 0.482 e. The minimum absolute atomic E-state index is 0.0109. The molecule has 0 spiro atoms. The Balaban J connectivity index is 1.25. The number of piperazine rings is 1. The van der Waals surface area contributed by atoms with E-state index in [4.69, 9.17) is 9.84 Å². The van der Waals surface area contributed by atoms with Gasteiger partial charge in [-0.15, -0.1) is 0 Å². The number of aromatic nitrogens is 3. The Bertz CT molecular complexity index is 1260. The van der Waals surface area contributed by atoms with Gasteiger partial charge in [0.05, 0.1) is 17.6 Å². The number of nitrogens with zero attached hydrogens (tertiary/aromatic N) is 5. The molecule has 2 aliphatic heterocycles. The van der Waals surface area contributed by atoms with Crippen LogP contribution in [0.15, 0.2) is 42.7 Å². The van der Waals surface area contributed by atoms with Crippen molar-refractivity contribution < 1.29 is 19.4 Å². The standard InChI is InChI=1S/C23H24N8O4/c1-14-11-25-22(29-21(14)26-15-2-4-18-17(10-15)28-20(32)13-35-18)27-16-3-5-19(24-12-16)30-6-8-31(9-7-30)23(33)34/h2-5,10-12H,6-9,13H2,1H3,(H,28,32)(H,33,34)(H2,25,26,27,29). The number of carbonyl (C=O) groups is 2. The molecule has 0 aliphatic carbocycles. The molecule has 180 valence electrons. The Hall–Kier alpha value is -4.61. The molecule has 4 N–H and O–H groups in total. The lowest BCUT2D eigenvalue weighted by atomic mass is 10.2. The number of anilines is 6. The van der Waals surface area contributed by atoms with E-state index in [1.807, 2.05) is 25.1 Å². The fourth-order valence-electron chi connectivity index (χ4n) is 3.83. The molecular weight excluding hydrogens is 452 g/mol. The van der Waals surface area contributed by atoms with Gasteiger partial charge in [0.2, 0.25) is 5.95 Å². The number of hydrogen-bond donors (Lipinski definition) is 4. The summed E-state index contributed by atoms with van der Waals surface area (Å²) in [6.07, 6.45) is 2.52. The summed E-state index contributed by atoms with van der Waals surface area (Å²) >= 11 is 0. The minimum Gasteiger partial charge on any atom is -0.482 e. The lowest BCUT2D eigenvalue weighted by molar-refractivity contribution is -0.118. The van der Waals surface area contributed by atoms with E-state index in [9.17, 15) is 9.59 Å². The average molecular weight is 476 g/mol. The Morgan fingerprint density at radius 3 is 2.60 bits per heavy atom. The Morgan fingerprint density at radius 1 is 1.06 bits per heavy atom. The number of fused-ring (bicyclic) bond motifs is 1. The first-order valence-electron chi connectivity index (χ1n) is 11.1. The summed E-state index contributed by atoms with van der Waals surface area (Å²) in [6.45, 7) is 4.01. The molecule has 0 unspecified atom stereocenters. The van der Waals surface area contributed by atoms with Gasteiger partial charge in [-0.2, -0.15) is 4.98 Å². The second kappa shape index (κ2) is 9.33. The first kappa shape index (κ1) is 22.2. The van der Waals surface area contributed by atoms with Crippen LogP contribution in [0.1, 0.15) is 5.56 Å². The molecule has 0 radical (unpaired) electrons. The summed E-state index contributed by atoms with van der Waals surface area (Å²) in [4.78, 5) is 39.6. The Morgan fingerprint density at radius 2 is 1.86 bits per heavy atom. The highest BCUT2D eigenvalue weighted by Crippen LogP contribution is 2.32. The van der Waals surface area contributed by atoms with Crippen LogP contribution < -0.4 is 25.6 Å². The van der Waals surface area contributed by atoms with Crippen LogP contribution in [0.25, 0.3) is 0 Å². The molecule has 35 heavy (non-hydrogen) atoms. The molecule has 3 aromatic rings. The summed E-state index contributed by atoms with van der Waals surface area (Å²) in [5.41, 5.74) is 2.92. The lowest BCUT2D eigenvalue weighted by Crippen LogP contribution is -2.48. The number of ether oxygens (including phenoxy) is 1. The van der Waals surface area contributed by atoms with E-state index < -0.39 is 6.09 Å². The fourth-order valence-corrected chi connectivity index (χ4v) is 3.83. The SMILES string of the molecule is Cc1cnc(Nc2ccc(N3CCN(C(=O)O)CC3)nc2)nc1Nc1ccc2c(c1)NC(=O)CO2. The van der Waals surface area contributed by atoms with Crippen LogP contribution in [-0.4, -0.2) is 69.7 Å². The fraction of sp³-hybridized carbons (Fsp3) is 0.261. The summed E-state index contributed by atoms with van der Waals surface area (Å²) in [6, 6.07) is 9.20. The van der Waals surface area contributed by atoms with Crippen molar-refractivity contribution in [3.8, 4) is 5.75 Å². The number of benzene rings is 1. The first-order chi connectivity index (χ1) is 16.9. The normalized spacial score (nSPS) is 15.1. The molecule has 0 saturated carbocycles. The summed E-state index contributed by atoms with van der Waals surface area (Å²) in [5, 5.41) is 18.3. The summed E-state index contributed by atoms with van der Waals surface area (Å²) in [5.74, 6) is 2.23. The second-order valence-corrected chi connectivity index (χ2v) is 8.18. The quantitative estimate of drug-likeness (QED) is 0.434. The summed E-state index contributed by atoms with van der Waals surface area (Å²) in [7, 11) is 0. The van der Waals surface area contributed by atoms with Crippen molar-refractivity contribution in [2.75, 3.05) is 53.6 Å². The van der Waals surface area contributed by atoms with Gasteiger partial charge in [0.25, 0.3) is 5.91 Å². The van der Waals surface area contributed by atoms with Gasteiger partial charge in [-0.1, -0.05) is 0 Å². The zero-order valence-electron chi connectivity index (χ0n) is 19.0. The number of pyridine rings is 1. The van der Waals surface area contributed by atoms with E-state index >= 15 is 0 Å². The third-order valence-electron chi connectivity index (χ3n) is 5.73. The number of hydrogen-bond acceptors (Lipinski definition) is 9. The van der Waals surface area contributed by atoms with Gasteiger partial charge in [-0.05, 0) is 37.3 Å². The topological polar surface area (TPSA) is 145 Å². The maximum absolute atomic E-state index is 11.6. The molecule has 0 atom stereocenters. The van der Waals surface area contributed by atoms with E-state index in [0.29, 0.717) is 49.4 Å². The number of rotatable bonds is 5. The molecule has 2 amide bonds. The first-order valence-corrected chi connectivity index (χ1v) is 11.1. The van der Waals surface area contributed by atoms with Crippen molar-refractivity contribution in [2.45, 2.75) is 6.92 Å². The van der Waals surface area contributed by atoms with E-state index in [2.05, 4.69) is 35.8 Å². The predicted molar refractivity (Wildman–Crippen MR) is 130 cm³/mol. The highest BCUT2D eigenvalue weighted by molar-refractivity contribution is 5.96. The molecule has 5 rings (SSSR count). The van der Waals surface area contributed by atoms with E-state index in [0.717, 1.165) is 22.8 Å². The van der Waals surface area contributed by atoms with Crippen LogP contribution in [0, 0.1) is 6.92 Å². The molecule has 12 nitrogen and oxygen atoms in total. The summed E-state index contributed by atoms with van der Waals surface area (Å²) < 4.78 is 5.40. The zero-order chi connectivity index (χ0) is 24.4. The van der Waals surface area contributed by atoms with E-state index in [-0.39, 0.29) is 12.5 Å². The highest BCUT2D eigenvalue weighted by atomic mass is 16.5.